The molecule has 0 fully saturated rings. The first-order valence-corrected chi connectivity index (χ1v) is 21.2. The van der Waals surface area contributed by atoms with E-state index in [0.717, 1.165) is 54.0 Å². The summed E-state index contributed by atoms with van der Waals surface area (Å²) in [6, 6.07) is 49.5. The molecule has 7 rings (SSSR count). The van der Waals surface area contributed by atoms with E-state index >= 15 is 0 Å². The lowest BCUT2D eigenvalue weighted by molar-refractivity contribution is -0.117. The van der Waals surface area contributed by atoms with Crippen LogP contribution in [0.2, 0.25) is 0 Å². The van der Waals surface area contributed by atoms with Gasteiger partial charge in [-0.3, -0.25) is 14.4 Å². The number of Topliss-reactive ketones (excluding diaryl/α,β-unsaturated/α-hetero) is 4. The van der Waals surface area contributed by atoms with Crippen LogP contribution in [0.25, 0.3) is 10.8 Å². The van der Waals surface area contributed by atoms with Crippen LogP contribution in [0.5, 0.6) is 0 Å². The van der Waals surface area contributed by atoms with E-state index < -0.39 is 9.84 Å². The molecule has 0 saturated heterocycles. The van der Waals surface area contributed by atoms with Crippen LogP contribution < -0.4 is 0 Å². The zero-order chi connectivity index (χ0) is 40.9. The lowest BCUT2D eigenvalue weighted by Crippen LogP contribution is -2.09. The molecule has 0 aromatic heterocycles. The number of ketones is 4. The first kappa shape index (κ1) is 43.9. The van der Waals surface area contributed by atoms with E-state index in [9.17, 15) is 27.6 Å². The van der Waals surface area contributed by atoms with Gasteiger partial charge in [0.1, 0.15) is 5.78 Å². The van der Waals surface area contributed by atoms with Gasteiger partial charge in [0, 0.05) is 42.4 Å². The standard InChI is InChI=1S/C19H18O2S.C11H12O2.C10H10O.C10H12O/c20-22(21,14-6-9-16-7-2-1-3-8-16)19-13-12-17-10-4-5-11-18(17)15-19;1-9(12)7-8-11(13)10-5-3-2-4-6-10;11-10-7-3-5-8-4-1-2-6-9(8)10;1-2-6-10(11)9-7-4-3-5-8-9/h1-5,7-8,10-13,15H,6,9,14H2;2-6H,7-8H2,1H3;1-2,4,6H,3,5,7H2;3-5,7-8H,2,6H2,1H3. The molecule has 294 valence electrons. The topological polar surface area (TPSA) is 102 Å². The molecule has 0 aliphatic heterocycles. The molecule has 0 unspecified atom stereocenters. The van der Waals surface area contributed by atoms with Crippen LogP contribution in [0.4, 0.5) is 0 Å². The number of carbonyl (C=O) groups is 4. The first-order chi connectivity index (χ1) is 27.6. The molecular formula is C50H52O6S. The summed E-state index contributed by atoms with van der Waals surface area (Å²) in [5.41, 5.74) is 4.86. The molecule has 0 saturated carbocycles. The molecule has 0 N–H and O–H groups in total. The van der Waals surface area contributed by atoms with E-state index in [1.54, 1.807) is 24.3 Å². The van der Waals surface area contributed by atoms with Gasteiger partial charge in [-0.1, -0.05) is 153 Å². The summed E-state index contributed by atoms with van der Waals surface area (Å²) in [6.45, 7) is 3.51. The fourth-order valence-electron chi connectivity index (χ4n) is 6.23. The molecule has 0 radical (unpaired) electrons. The maximum atomic E-state index is 12.5. The van der Waals surface area contributed by atoms with Crippen molar-refractivity contribution in [2.75, 3.05) is 5.75 Å². The minimum atomic E-state index is -3.22. The van der Waals surface area contributed by atoms with Crippen molar-refractivity contribution < 1.29 is 27.6 Å². The van der Waals surface area contributed by atoms with Crippen molar-refractivity contribution in [3.63, 3.8) is 0 Å². The molecule has 0 heterocycles. The zero-order valence-corrected chi connectivity index (χ0v) is 33.8. The molecule has 7 heteroatoms. The normalized spacial score (nSPS) is 11.6. The van der Waals surface area contributed by atoms with Crippen molar-refractivity contribution in [2.45, 2.75) is 76.5 Å². The van der Waals surface area contributed by atoms with Crippen molar-refractivity contribution in [3.05, 3.63) is 186 Å². The molecule has 1 aliphatic carbocycles. The largest absolute Gasteiger partial charge is 0.300 e. The molecule has 0 amide bonds. The van der Waals surface area contributed by atoms with Gasteiger partial charge >= 0.3 is 0 Å². The third-order valence-electron chi connectivity index (χ3n) is 9.34. The Hall–Kier alpha value is -5.79. The zero-order valence-electron chi connectivity index (χ0n) is 32.9. The van der Waals surface area contributed by atoms with E-state index in [1.807, 2.05) is 140 Å². The highest BCUT2D eigenvalue weighted by Crippen LogP contribution is 2.21. The van der Waals surface area contributed by atoms with Crippen LogP contribution in [0.1, 0.15) is 101 Å². The minimum absolute atomic E-state index is 0.0378. The molecule has 0 bridgehead atoms. The second-order valence-electron chi connectivity index (χ2n) is 13.9. The molecular weight excluding hydrogens is 729 g/mol. The number of rotatable bonds is 12. The Labute approximate surface area is 337 Å². The van der Waals surface area contributed by atoms with Gasteiger partial charge in [-0.2, -0.15) is 0 Å². The van der Waals surface area contributed by atoms with Crippen molar-refractivity contribution in [1.29, 1.82) is 0 Å². The molecule has 6 nitrogen and oxygen atoms in total. The van der Waals surface area contributed by atoms with E-state index in [-0.39, 0.29) is 23.1 Å². The Kier molecular flexibility index (Phi) is 18.0. The number of hydrogen-bond acceptors (Lipinski definition) is 6. The van der Waals surface area contributed by atoms with E-state index in [0.29, 0.717) is 41.9 Å². The Bertz CT molecular complexity index is 2300. The third-order valence-corrected chi connectivity index (χ3v) is 11.1. The average molecular weight is 781 g/mol. The second kappa shape index (κ2) is 23.3. The van der Waals surface area contributed by atoms with Crippen molar-refractivity contribution in [3.8, 4) is 0 Å². The summed E-state index contributed by atoms with van der Waals surface area (Å²) < 4.78 is 24.9. The van der Waals surface area contributed by atoms with Crippen molar-refractivity contribution in [1.82, 2.24) is 0 Å². The molecule has 0 spiro atoms. The van der Waals surface area contributed by atoms with Gasteiger partial charge in [-0.05, 0) is 73.1 Å². The monoisotopic (exact) mass is 780 g/mol. The summed E-state index contributed by atoms with van der Waals surface area (Å²) in [6.07, 6.45) is 6.49. The summed E-state index contributed by atoms with van der Waals surface area (Å²) in [5, 5.41) is 2.03. The number of fused-ring (bicyclic) bond motifs is 2. The van der Waals surface area contributed by atoms with Crippen LogP contribution in [0.15, 0.2) is 163 Å². The average Bonchev–Trinajstić information content (AvgIpc) is 3.24. The molecule has 0 atom stereocenters. The smallest absolute Gasteiger partial charge is 0.178 e. The van der Waals surface area contributed by atoms with Crippen LogP contribution in [0.3, 0.4) is 0 Å². The van der Waals surface area contributed by atoms with E-state index in [2.05, 4.69) is 0 Å². The minimum Gasteiger partial charge on any atom is -0.300 e. The van der Waals surface area contributed by atoms with Crippen LogP contribution in [-0.2, 0) is 27.5 Å². The van der Waals surface area contributed by atoms with E-state index in [1.165, 1.54) is 18.1 Å². The fraction of sp³-hybridized carbons (Fsp3) is 0.240. The van der Waals surface area contributed by atoms with Crippen molar-refractivity contribution in [2.24, 2.45) is 0 Å². The molecule has 6 aromatic rings. The maximum Gasteiger partial charge on any atom is 0.178 e. The van der Waals surface area contributed by atoms with Gasteiger partial charge in [0.05, 0.1) is 10.6 Å². The first-order valence-electron chi connectivity index (χ1n) is 19.6. The lowest BCUT2D eigenvalue weighted by atomic mass is 9.91. The molecule has 1 aliphatic rings. The molecule has 57 heavy (non-hydrogen) atoms. The number of aryl methyl sites for hydroxylation is 2. The van der Waals surface area contributed by atoms with E-state index in [4.69, 9.17) is 0 Å². The van der Waals surface area contributed by atoms with Crippen molar-refractivity contribution >= 4 is 43.7 Å². The Morgan fingerprint density at radius 2 is 1.12 bits per heavy atom. The van der Waals surface area contributed by atoms with Gasteiger partial charge in [0.15, 0.2) is 27.2 Å². The molecule has 6 aromatic carbocycles. The third kappa shape index (κ3) is 15.0. The Morgan fingerprint density at radius 3 is 1.72 bits per heavy atom. The summed E-state index contributed by atoms with van der Waals surface area (Å²) in [4.78, 5) is 45.0. The highest BCUT2D eigenvalue weighted by molar-refractivity contribution is 7.91. The predicted octanol–water partition coefficient (Wildman–Crippen LogP) is 11.4. The van der Waals surface area contributed by atoms with Crippen LogP contribution >= 0.6 is 0 Å². The number of hydrogen-bond donors (Lipinski definition) is 0. The van der Waals surface area contributed by atoms with Gasteiger partial charge in [-0.25, -0.2) is 8.42 Å². The second-order valence-corrected chi connectivity index (χ2v) is 16.0. The Morgan fingerprint density at radius 1 is 0.579 bits per heavy atom. The number of carbonyl (C=O) groups excluding carboxylic acids is 4. The maximum absolute atomic E-state index is 12.5. The fourth-order valence-corrected chi connectivity index (χ4v) is 7.57. The SMILES string of the molecule is CC(=O)CCC(=O)c1ccccc1.CCCC(=O)c1ccccc1.O=C1CCCc2ccccc21.O=S(=O)(CCCc1ccccc1)c1ccc2ccccc2c1. The number of sulfone groups is 1. The van der Waals surface area contributed by atoms with Gasteiger partial charge in [0.25, 0.3) is 0 Å². The van der Waals surface area contributed by atoms with Gasteiger partial charge < -0.3 is 4.79 Å². The summed E-state index contributed by atoms with van der Waals surface area (Å²) >= 11 is 0. The number of benzene rings is 6. The van der Waals surface area contributed by atoms with Gasteiger partial charge in [-0.15, -0.1) is 0 Å². The van der Waals surface area contributed by atoms with Gasteiger partial charge in [0.2, 0.25) is 0 Å². The van der Waals surface area contributed by atoms with Crippen LogP contribution in [-0.4, -0.2) is 37.3 Å². The highest BCUT2D eigenvalue weighted by Gasteiger charge is 2.16. The summed E-state index contributed by atoms with van der Waals surface area (Å²) in [7, 11) is -3.22. The Balaban J connectivity index is 0.000000178. The lowest BCUT2D eigenvalue weighted by Gasteiger charge is -2.12. The predicted molar refractivity (Wildman–Crippen MR) is 231 cm³/mol. The quantitative estimate of drug-likeness (QED) is 0.115. The highest BCUT2D eigenvalue weighted by atomic mass is 32.2. The van der Waals surface area contributed by atoms with Crippen LogP contribution in [0, 0.1) is 0 Å². The summed E-state index contributed by atoms with van der Waals surface area (Å²) in [5.74, 6) is 0.834.